The van der Waals surface area contributed by atoms with Gasteiger partial charge in [0.2, 0.25) is 11.4 Å². The number of fused-ring (bicyclic) bond motifs is 10. The van der Waals surface area contributed by atoms with Gasteiger partial charge in [-0.3, -0.25) is 0 Å². The van der Waals surface area contributed by atoms with Crippen molar-refractivity contribution in [3.05, 3.63) is 144 Å². The Morgan fingerprint density at radius 2 is 1.50 bits per heavy atom. The van der Waals surface area contributed by atoms with Crippen LogP contribution in [0.15, 0.2) is 132 Å². The summed E-state index contributed by atoms with van der Waals surface area (Å²) < 4.78 is 11.8. The molecule has 3 unspecified atom stereocenters. The van der Waals surface area contributed by atoms with Crippen LogP contribution in [0.3, 0.4) is 0 Å². The van der Waals surface area contributed by atoms with Gasteiger partial charge in [0, 0.05) is 59.4 Å². The minimum atomic E-state index is -0.135. The van der Waals surface area contributed by atoms with Crippen LogP contribution in [0.25, 0.3) is 55.6 Å². The number of benzene rings is 4. The largest absolute Gasteiger partial charge is 0.455 e. The van der Waals surface area contributed by atoms with Gasteiger partial charge in [-0.05, 0) is 61.2 Å². The molecule has 236 valence electrons. The van der Waals surface area contributed by atoms with Gasteiger partial charge in [0.1, 0.15) is 11.2 Å². The van der Waals surface area contributed by atoms with Crippen LogP contribution in [-0.2, 0) is 11.0 Å². The lowest BCUT2D eigenvalue weighted by Crippen LogP contribution is -2.69. The first kappa shape index (κ1) is 29.1. The summed E-state index contributed by atoms with van der Waals surface area (Å²) in [6, 6.07) is 42.5. The predicted octanol–water partition coefficient (Wildman–Crippen LogP) is 10.6. The van der Waals surface area contributed by atoms with E-state index in [1.165, 1.54) is 61.1 Å². The van der Waals surface area contributed by atoms with Crippen molar-refractivity contribution in [2.45, 2.75) is 70.4 Å². The second-order valence-corrected chi connectivity index (χ2v) is 14.2. The Kier molecular flexibility index (Phi) is 6.53. The number of rotatable bonds is 6. The lowest BCUT2D eigenvalue weighted by atomic mass is 9.58. The second-order valence-electron chi connectivity index (χ2n) is 14.2. The Morgan fingerprint density at radius 3 is 2.33 bits per heavy atom. The first-order valence-electron chi connectivity index (χ1n) is 17.7. The predicted molar refractivity (Wildman–Crippen MR) is 195 cm³/mol. The third-order valence-corrected chi connectivity index (χ3v) is 12.2. The van der Waals surface area contributed by atoms with Gasteiger partial charge in [-0.25, -0.2) is 0 Å². The Balaban J connectivity index is 1.23. The van der Waals surface area contributed by atoms with E-state index in [-0.39, 0.29) is 17.0 Å². The van der Waals surface area contributed by atoms with Gasteiger partial charge in [0.05, 0.1) is 16.5 Å². The number of aromatic nitrogens is 2. The molecule has 48 heavy (non-hydrogen) atoms. The van der Waals surface area contributed by atoms with Gasteiger partial charge in [-0.1, -0.05) is 86.6 Å². The van der Waals surface area contributed by atoms with E-state index in [9.17, 15) is 0 Å². The van der Waals surface area contributed by atoms with Crippen LogP contribution >= 0.6 is 0 Å². The molecule has 5 heterocycles. The minimum absolute atomic E-state index is 0.0620. The molecule has 3 heteroatoms. The van der Waals surface area contributed by atoms with E-state index in [1.807, 2.05) is 0 Å². The molecule has 0 bridgehead atoms. The zero-order valence-electron chi connectivity index (χ0n) is 28.3. The number of aryl methyl sites for hydroxylation is 1. The van der Waals surface area contributed by atoms with E-state index in [4.69, 9.17) is 4.42 Å². The molecule has 3 nitrogen and oxygen atoms in total. The summed E-state index contributed by atoms with van der Waals surface area (Å²) in [5.41, 5.74) is 13.7. The third kappa shape index (κ3) is 3.88. The Bertz CT molecular complexity index is 2370. The molecule has 4 aromatic carbocycles. The van der Waals surface area contributed by atoms with Crippen LogP contribution in [-0.4, -0.2) is 0 Å². The summed E-state index contributed by atoms with van der Waals surface area (Å²) in [6.07, 6.45) is 8.93. The van der Waals surface area contributed by atoms with Crippen LogP contribution < -0.4 is 9.13 Å². The van der Waals surface area contributed by atoms with E-state index >= 15 is 0 Å². The summed E-state index contributed by atoms with van der Waals surface area (Å²) >= 11 is 0. The smallest absolute Gasteiger partial charge is 0.217 e. The van der Waals surface area contributed by atoms with Crippen molar-refractivity contribution >= 4 is 21.9 Å². The summed E-state index contributed by atoms with van der Waals surface area (Å²) in [4.78, 5) is 0. The highest BCUT2D eigenvalue weighted by atomic mass is 16.3. The Labute approximate surface area is 283 Å². The van der Waals surface area contributed by atoms with Crippen LogP contribution in [0.2, 0.25) is 0 Å². The van der Waals surface area contributed by atoms with Gasteiger partial charge >= 0.3 is 0 Å². The Morgan fingerprint density at radius 1 is 0.729 bits per heavy atom. The topological polar surface area (TPSA) is 20.9 Å². The van der Waals surface area contributed by atoms with Crippen molar-refractivity contribution in [2.24, 2.45) is 0 Å². The fraction of sp³-hybridized carbons (Fsp3) is 0.244. The molecule has 0 N–H and O–H groups in total. The summed E-state index contributed by atoms with van der Waals surface area (Å²) in [5.74, 6) is 0. The molecule has 3 atom stereocenters. The first-order valence-corrected chi connectivity index (χ1v) is 17.7. The highest BCUT2D eigenvalue weighted by Crippen LogP contribution is 2.53. The maximum Gasteiger partial charge on any atom is 0.217 e. The molecular formula is C45H42N2O+2. The van der Waals surface area contributed by atoms with Gasteiger partial charge in [0.15, 0.2) is 24.0 Å². The number of nitrogens with zero attached hydrogens (tertiary/aromatic N) is 2. The average molecular weight is 627 g/mol. The van der Waals surface area contributed by atoms with E-state index in [0.717, 1.165) is 36.8 Å². The quantitative estimate of drug-likeness (QED) is 0.168. The lowest BCUT2D eigenvalue weighted by molar-refractivity contribution is -0.772. The lowest BCUT2D eigenvalue weighted by Gasteiger charge is -2.48. The number of pyridine rings is 2. The second kappa shape index (κ2) is 10.8. The van der Waals surface area contributed by atoms with Gasteiger partial charge in [-0.15, -0.1) is 0 Å². The molecule has 2 aliphatic heterocycles. The summed E-state index contributed by atoms with van der Waals surface area (Å²) in [6.45, 7) is 9.62. The van der Waals surface area contributed by atoms with E-state index in [0.29, 0.717) is 0 Å². The molecule has 0 saturated carbocycles. The van der Waals surface area contributed by atoms with Crippen LogP contribution in [0.1, 0.15) is 69.2 Å². The van der Waals surface area contributed by atoms with Crippen LogP contribution in [0, 0.1) is 6.92 Å². The normalized spacial score (nSPS) is 20.8. The zero-order valence-corrected chi connectivity index (χ0v) is 28.3. The van der Waals surface area contributed by atoms with Crippen LogP contribution in [0.4, 0.5) is 0 Å². The fourth-order valence-corrected chi connectivity index (χ4v) is 9.60. The summed E-state index contributed by atoms with van der Waals surface area (Å²) in [7, 11) is 0. The number of hydrogen-bond acceptors (Lipinski definition) is 1. The van der Waals surface area contributed by atoms with E-state index in [2.05, 4.69) is 164 Å². The molecule has 0 spiro atoms. The molecule has 0 saturated heterocycles. The van der Waals surface area contributed by atoms with Crippen LogP contribution in [0.5, 0.6) is 0 Å². The van der Waals surface area contributed by atoms with Crippen molar-refractivity contribution in [2.75, 3.05) is 0 Å². The molecule has 9 rings (SSSR count). The number of hydrogen-bond donors (Lipinski definition) is 0. The van der Waals surface area contributed by atoms with Gasteiger partial charge in [0.25, 0.3) is 0 Å². The molecule has 3 aromatic heterocycles. The van der Waals surface area contributed by atoms with Crippen molar-refractivity contribution in [3.63, 3.8) is 0 Å². The van der Waals surface area contributed by atoms with Crippen molar-refractivity contribution in [1.29, 1.82) is 0 Å². The minimum Gasteiger partial charge on any atom is -0.455 e. The highest BCUT2D eigenvalue weighted by Gasteiger charge is 2.60. The third-order valence-electron chi connectivity index (χ3n) is 12.2. The molecular weight excluding hydrogens is 585 g/mol. The first-order chi connectivity index (χ1) is 23.5. The highest BCUT2D eigenvalue weighted by molar-refractivity contribution is 6.10. The van der Waals surface area contributed by atoms with E-state index < -0.39 is 0 Å². The maximum absolute atomic E-state index is 6.62. The van der Waals surface area contributed by atoms with Crippen molar-refractivity contribution < 1.29 is 13.6 Å². The standard InChI is InChI=1S/C45H42N2O/c1-5-44(4)37-20-12-10-19-34(37)40-28-30(3)36(31-16-8-7-9-17-31)29-47(40)45(44,6-2)26-25-38-35-24-23-33-32-18-11-13-22-41(32)48-43(33)42(35)39-21-14-15-27-46(38)39/h7-24,27-29,38H,5-6,25-26H2,1-4H3/q+2. The number of para-hydroxylation sites is 1. The monoisotopic (exact) mass is 626 g/mol. The van der Waals surface area contributed by atoms with Crippen molar-refractivity contribution in [1.82, 2.24) is 0 Å². The average Bonchev–Trinajstić information content (AvgIpc) is 3.68. The molecule has 0 aliphatic carbocycles. The van der Waals surface area contributed by atoms with Gasteiger partial charge in [-0.2, -0.15) is 9.13 Å². The van der Waals surface area contributed by atoms with Crippen molar-refractivity contribution in [3.8, 4) is 33.6 Å². The number of furan rings is 1. The molecule has 0 radical (unpaired) electrons. The maximum atomic E-state index is 6.62. The van der Waals surface area contributed by atoms with E-state index in [1.54, 1.807) is 0 Å². The molecule has 2 aliphatic rings. The SMILES string of the molecule is CCC1(C)c2ccccc2-c2cc(C)c(-c3ccccc3)c[n+]2C1(CC)CCC1c2ccc3c(oc4ccccc43)c2-c2cccc[n+]21. The summed E-state index contributed by atoms with van der Waals surface area (Å²) in [5, 5.41) is 2.38. The zero-order chi connectivity index (χ0) is 32.6. The molecule has 0 amide bonds. The molecule has 7 aromatic rings. The molecule has 0 fully saturated rings. The van der Waals surface area contributed by atoms with Gasteiger partial charge < -0.3 is 4.42 Å². The Hall–Kier alpha value is -5.02. The fourth-order valence-electron chi connectivity index (χ4n) is 9.60.